The molecule has 0 fully saturated rings. The molecule has 1 aromatic carbocycles. The van der Waals surface area contributed by atoms with Crippen LogP contribution in [-0.2, 0) is 6.54 Å². The zero-order chi connectivity index (χ0) is 14.9. The van der Waals surface area contributed by atoms with Crippen LogP contribution in [0.4, 0.5) is 0 Å². The summed E-state index contributed by atoms with van der Waals surface area (Å²) in [4.78, 5) is 22.9. The Labute approximate surface area is 139 Å². The van der Waals surface area contributed by atoms with E-state index in [1.165, 1.54) is 16.7 Å². The zero-order valence-corrected chi connectivity index (χ0v) is 14.7. The fourth-order valence-electron chi connectivity index (χ4n) is 1.67. The second kappa shape index (κ2) is 6.24. The van der Waals surface area contributed by atoms with Crippen LogP contribution >= 0.6 is 47.8 Å². The van der Waals surface area contributed by atoms with Crippen molar-refractivity contribution in [1.29, 1.82) is 0 Å². The van der Waals surface area contributed by atoms with E-state index < -0.39 is 5.97 Å². The smallest absolute Gasteiger partial charge is 0.335 e. The van der Waals surface area contributed by atoms with Crippen LogP contribution in [0.15, 0.2) is 48.7 Å². The Bertz CT molecular complexity index is 740. The summed E-state index contributed by atoms with van der Waals surface area (Å²) in [6, 6.07) is 6.41. The second-order valence-electron chi connectivity index (χ2n) is 4.05. The number of pyridine rings is 1. The number of rotatable bonds is 3. The molecule has 1 N–H and O–H groups in total. The Morgan fingerprint density at radius 3 is 2.45 bits per heavy atom. The lowest BCUT2D eigenvalue weighted by Crippen LogP contribution is -2.20. The van der Waals surface area contributed by atoms with E-state index in [2.05, 4.69) is 47.8 Å². The minimum absolute atomic E-state index is 0.151. The van der Waals surface area contributed by atoms with Crippen molar-refractivity contribution in [2.24, 2.45) is 0 Å². The molecular weight excluding hydrogens is 458 g/mol. The predicted molar refractivity (Wildman–Crippen MR) is 86.3 cm³/mol. The highest BCUT2D eigenvalue weighted by atomic mass is 79.9. The maximum absolute atomic E-state index is 12.0. The van der Waals surface area contributed by atoms with Gasteiger partial charge in [-0.25, -0.2) is 4.79 Å². The summed E-state index contributed by atoms with van der Waals surface area (Å²) >= 11 is 9.87. The van der Waals surface area contributed by atoms with Crippen LogP contribution in [0.5, 0.6) is 0 Å². The molecule has 0 unspecified atom stereocenters. The lowest BCUT2D eigenvalue weighted by atomic mass is 10.1. The molecule has 0 radical (unpaired) electrons. The van der Waals surface area contributed by atoms with E-state index in [0.29, 0.717) is 15.5 Å². The van der Waals surface area contributed by atoms with Gasteiger partial charge >= 0.3 is 5.97 Å². The van der Waals surface area contributed by atoms with Crippen LogP contribution in [0.1, 0.15) is 15.9 Å². The average molecular weight is 466 g/mol. The zero-order valence-electron chi connectivity index (χ0n) is 9.94. The SMILES string of the molecule is O=C(O)c1ccc(Cn2cc(Br)cc(Br)c2=O)c(Br)c1. The van der Waals surface area contributed by atoms with Gasteiger partial charge in [0.05, 0.1) is 16.6 Å². The van der Waals surface area contributed by atoms with Crippen molar-refractivity contribution in [3.8, 4) is 0 Å². The normalized spacial score (nSPS) is 10.6. The lowest BCUT2D eigenvalue weighted by Gasteiger charge is -2.09. The third-order valence-corrected chi connectivity index (χ3v) is 4.39. The van der Waals surface area contributed by atoms with Crippen molar-refractivity contribution in [2.45, 2.75) is 6.54 Å². The van der Waals surface area contributed by atoms with E-state index >= 15 is 0 Å². The van der Waals surface area contributed by atoms with Crippen molar-refractivity contribution in [1.82, 2.24) is 4.57 Å². The lowest BCUT2D eigenvalue weighted by molar-refractivity contribution is 0.0697. The van der Waals surface area contributed by atoms with Crippen molar-refractivity contribution < 1.29 is 9.90 Å². The summed E-state index contributed by atoms with van der Waals surface area (Å²) in [6.45, 7) is 0.345. The molecule has 4 nitrogen and oxygen atoms in total. The van der Waals surface area contributed by atoms with Crippen LogP contribution in [-0.4, -0.2) is 15.6 Å². The fraction of sp³-hybridized carbons (Fsp3) is 0.0769. The molecule has 2 rings (SSSR count). The Morgan fingerprint density at radius 2 is 1.85 bits per heavy atom. The molecule has 0 saturated heterocycles. The molecule has 1 heterocycles. The van der Waals surface area contributed by atoms with Crippen molar-refractivity contribution >= 4 is 53.8 Å². The molecule has 0 amide bonds. The number of hydrogen-bond donors (Lipinski definition) is 1. The van der Waals surface area contributed by atoms with Crippen molar-refractivity contribution in [2.75, 3.05) is 0 Å². The molecule has 2 aromatic rings. The maximum Gasteiger partial charge on any atom is 0.335 e. The van der Waals surface area contributed by atoms with Gasteiger partial charge in [-0.3, -0.25) is 4.79 Å². The Morgan fingerprint density at radius 1 is 1.15 bits per heavy atom. The first-order chi connectivity index (χ1) is 9.38. The highest BCUT2D eigenvalue weighted by molar-refractivity contribution is 9.11. The first kappa shape index (κ1) is 15.5. The predicted octanol–water partition coefficient (Wildman–Crippen LogP) is 3.88. The van der Waals surface area contributed by atoms with Crippen molar-refractivity contribution in [3.63, 3.8) is 0 Å². The molecule has 1 aromatic heterocycles. The van der Waals surface area contributed by atoms with E-state index in [1.54, 1.807) is 18.3 Å². The van der Waals surface area contributed by atoms with Gasteiger partial charge in [0, 0.05) is 15.1 Å². The Balaban J connectivity index is 2.41. The Hall–Kier alpha value is -0.920. The summed E-state index contributed by atoms with van der Waals surface area (Å²) in [5.74, 6) is -0.986. The summed E-state index contributed by atoms with van der Waals surface area (Å²) < 4.78 is 3.43. The molecule has 0 aliphatic heterocycles. The minimum Gasteiger partial charge on any atom is -0.478 e. The van der Waals surface area contributed by atoms with Gasteiger partial charge in [-0.05, 0) is 55.6 Å². The van der Waals surface area contributed by atoms with E-state index in [4.69, 9.17) is 5.11 Å². The molecule has 0 atom stereocenters. The van der Waals surface area contributed by atoms with Gasteiger partial charge in [-0.15, -0.1) is 0 Å². The third kappa shape index (κ3) is 3.39. The molecule has 0 bridgehead atoms. The number of benzene rings is 1. The largest absolute Gasteiger partial charge is 0.478 e. The summed E-state index contributed by atoms with van der Waals surface area (Å²) in [5.41, 5.74) is 0.868. The van der Waals surface area contributed by atoms with Crippen LogP contribution in [0.25, 0.3) is 0 Å². The standard InChI is InChI=1S/C13H8Br3NO3/c14-9-4-11(16)12(18)17(6-9)5-8-2-1-7(13(19)20)3-10(8)15/h1-4,6H,5H2,(H,19,20). The van der Waals surface area contributed by atoms with Crippen LogP contribution in [0.3, 0.4) is 0 Å². The molecule has 104 valence electrons. The number of aromatic carboxylic acids is 1. The first-order valence-electron chi connectivity index (χ1n) is 5.45. The quantitative estimate of drug-likeness (QED) is 0.748. The number of carboxylic acids is 1. The van der Waals surface area contributed by atoms with Crippen molar-refractivity contribution in [3.05, 3.63) is 65.4 Å². The molecule has 7 heteroatoms. The fourth-order valence-corrected chi connectivity index (χ4v) is 3.44. The van der Waals surface area contributed by atoms with E-state index in [9.17, 15) is 9.59 Å². The number of halogens is 3. The van der Waals surface area contributed by atoms with Gasteiger partial charge in [0.15, 0.2) is 0 Å². The van der Waals surface area contributed by atoms with Crippen LogP contribution < -0.4 is 5.56 Å². The molecule has 0 saturated carbocycles. The van der Waals surface area contributed by atoms with Gasteiger partial charge in [0.25, 0.3) is 5.56 Å². The van der Waals surface area contributed by atoms with Gasteiger partial charge in [-0.1, -0.05) is 22.0 Å². The highest BCUT2D eigenvalue weighted by Crippen LogP contribution is 2.20. The number of hydrogen-bond acceptors (Lipinski definition) is 2. The third-order valence-electron chi connectivity index (χ3n) is 2.65. The number of nitrogens with zero attached hydrogens (tertiary/aromatic N) is 1. The monoisotopic (exact) mass is 463 g/mol. The Kier molecular flexibility index (Phi) is 4.82. The first-order valence-corrected chi connectivity index (χ1v) is 7.83. The maximum atomic E-state index is 12.0. The minimum atomic E-state index is -0.986. The molecule has 0 aliphatic rings. The summed E-state index contributed by atoms with van der Waals surface area (Å²) in [5, 5.41) is 8.92. The molecule has 0 spiro atoms. The van der Waals surface area contributed by atoms with Crippen LogP contribution in [0, 0.1) is 0 Å². The second-order valence-corrected chi connectivity index (χ2v) is 6.68. The number of aromatic nitrogens is 1. The number of carbonyl (C=O) groups is 1. The summed E-state index contributed by atoms with van der Waals surface area (Å²) in [6.07, 6.45) is 1.69. The highest BCUT2D eigenvalue weighted by Gasteiger charge is 2.09. The molecular formula is C13H8Br3NO3. The topological polar surface area (TPSA) is 59.3 Å². The van der Waals surface area contributed by atoms with Gasteiger partial charge in [-0.2, -0.15) is 0 Å². The molecule has 0 aliphatic carbocycles. The van der Waals surface area contributed by atoms with Gasteiger partial charge in [0.2, 0.25) is 0 Å². The van der Waals surface area contributed by atoms with E-state index in [0.717, 1.165) is 10.0 Å². The van der Waals surface area contributed by atoms with E-state index in [1.807, 2.05) is 0 Å². The average Bonchev–Trinajstić information content (AvgIpc) is 2.37. The van der Waals surface area contributed by atoms with Gasteiger partial charge < -0.3 is 9.67 Å². The number of carboxylic acid groups (broad SMARTS) is 1. The molecule has 20 heavy (non-hydrogen) atoms. The van der Waals surface area contributed by atoms with E-state index in [-0.39, 0.29) is 11.1 Å². The summed E-state index contributed by atoms with van der Waals surface area (Å²) in [7, 11) is 0. The van der Waals surface area contributed by atoms with Crippen LogP contribution in [0.2, 0.25) is 0 Å². The van der Waals surface area contributed by atoms with Gasteiger partial charge in [0.1, 0.15) is 0 Å².